The molecule has 1 atom stereocenters. The molecule has 1 aliphatic heterocycles. The van der Waals surface area contributed by atoms with Crippen LogP contribution in [0.15, 0.2) is 0 Å². The summed E-state index contributed by atoms with van der Waals surface area (Å²) >= 11 is 0. The lowest BCUT2D eigenvalue weighted by molar-refractivity contribution is 0.392. The first-order chi connectivity index (χ1) is 8.60. The van der Waals surface area contributed by atoms with E-state index in [2.05, 4.69) is 10.0 Å². The lowest BCUT2D eigenvalue weighted by Crippen LogP contribution is -2.48. The molecule has 1 aliphatic rings. The summed E-state index contributed by atoms with van der Waals surface area (Å²) in [5.74, 6) is 0. The Morgan fingerprint density at radius 3 is 2.50 bits per heavy atom. The van der Waals surface area contributed by atoms with Crippen molar-refractivity contribution in [3.8, 4) is 0 Å². The second-order valence-corrected chi connectivity index (χ2v) is 6.62. The Balaban J connectivity index is 2.59. The van der Waals surface area contributed by atoms with Gasteiger partial charge < -0.3 is 5.32 Å². The molecule has 2 N–H and O–H groups in total. The number of nitrogens with one attached hydrogen (secondary N) is 2. The molecule has 1 fully saturated rings. The van der Waals surface area contributed by atoms with Gasteiger partial charge in [0.2, 0.25) is 0 Å². The summed E-state index contributed by atoms with van der Waals surface area (Å²) in [4.78, 5) is 0. The van der Waals surface area contributed by atoms with E-state index in [1.54, 1.807) is 4.31 Å². The van der Waals surface area contributed by atoms with Gasteiger partial charge in [0.1, 0.15) is 0 Å². The van der Waals surface area contributed by atoms with Gasteiger partial charge in [0.25, 0.3) is 10.2 Å². The van der Waals surface area contributed by atoms with E-state index in [0.29, 0.717) is 13.1 Å². The highest BCUT2D eigenvalue weighted by Gasteiger charge is 2.24. The first-order valence-electron chi connectivity index (χ1n) is 7.08. The molecular formula is C12H27N3O2S. The molecule has 0 bridgehead atoms. The van der Waals surface area contributed by atoms with Crippen molar-refractivity contribution in [1.29, 1.82) is 0 Å². The molecule has 18 heavy (non-hydrogen) atoms. The minimum Gasteiger partial charge on any atom is -0.315 e. The number of hydrogen-bond donors (Lipinski definition) is 2. The van der Waals surface area contributed by atoms with E-state index < -0.39 is 10.2 Å². The Morgan fingerprint density at radius 2 is 1.89 bits per heavy atom. The van der Waals surface area contributed by atoms with Crippen LogP contribution >= 0.6 is 0 Å². The maximum Gasteiger partial charge on any atom is 0.279 e. The first-order valence-corrected chi connectivity index (χ1v) is 8.52. The van der Waals surface area contributed by atoms with Crippen molar-refractivity contribution < 1.29 is 8.42 Å². The Labute approximate surface area is 112 Å². The summed E-state index contributed by atoms with van der Waals surface area (Å²) in [6.45, 7) is 6.95. The highest BCUT2D eigenvalue weighted by molar-refractivity contribution is 7.87. The first kappa shape index (κ1) is 15.9. The van der Waals surface area contributed by atoms with Gasteiger partial charge in [-0.2, -0.15) is 17.4 Å². The third-order valence-corrected chi connectivity index (χ3v) is 4.82. The van der Waals surface area contributed by atoms with Crippen LogP contribution in [0.5, 0.6) is 0 Å². The van der Waals surface area contributed by atoms with E-state index in [1.165, 1.54) is 0 Å². The molecule has 0 spiro atoms. The summed E-state index contributed by atoms with van der Waals surface area (Å²) < 4.78 is 29.0. The quantitative estimate of drug-likeness (QED) is 0.732. The normalized spacial score (nSPS) is 22.1. The van der Waals surface area contributed by atoms with Gasteiger partial charge >= 0.3 is 0 Å². The van der Waals surface area contributed by atoms with E-state index in [-0.39, 0.29) is 6.04 Å². The molecule has 108 valence electrons. The zero-order chi connectivity index (χ0) is 13.4. The van der Waals surface area contributed by atoms with Crippen molar-refractivity contribution in [2.24, 2.45) is 0 Å². The van der Waals surface area contributed by atoms with Gasteiger partial charge in [-0.05, 0) is 32.2 Å². The average Bonchev–Trinajstić information content (AvgIpc) is 2.57. The van der Waals surface area contributed by atoms with Crippen molar-refractivity contribution in [2.45, 2.75) is 52.0 Å². The minimum absolute atomic E-state index is 0.0358. The van der Waals surface area contributed by atoms with Crippen LogP contribution in [-0.2, 0) is 10.2 Å². The van der Waals surface area contributed by atoms with Crippen LogP contribution in [-0.4, -0.2) is 44.9 Å². The Hall–Kier alpha value is -0.170. The lowest BCUT2D eigenvalue weighted by Gasteiger charge is -2.25. The molecule has 0 aromatic rings. The lowest BCUT2D eigenvalue weighted by atomic mass is 10.2. The van der Waals surface area contributed by atoms with Crippen LogP contribution in [0.3, 0.4) is 0 Å². The maximum atomic E-state index is 12.3. The van der Waals surface area contributed by atoms with E-state index in [0.717, 1.165) is 45.2 Å². The zero-order valence-corrected chi connectivity index (χ0v) is 12.4. The third kappa shape index (κ3) is 5.22. The predicted octanol–water partition coefficient (Wildman–Crippen LogP) is 1.08. The topological polar surface area (TPSA) is 61.4 Å². The summed E-state index contributed by atoms with van der Waals surface area (Å²) in [5, 5.41) is 3.28. The second-order valence-electron chi connectivity index (χ2n) is 4.92. The van der Waals surface area contributed by atoms with Gasteiger partial charge in [0.15, 0.2) is 0 Å². The fraction of sp³-hybridized carbons (Fsp3) is 1.00. The largest absolute Gasteiger partial charge is 0.315 e. The van der Waals surface area contributed by atoms with Gasteiger partial charge in [0, 0.05) is 25.7 Å². The van der Waals surface area contributed by atoms with Gasteiger partial charge in [-0.25, -0.2) is 0 Å². The second kappa shape index (κ2) is 8.09. The molecule has 6 heteroatoms. The Kier molecular flexibility index (Phi) is 7.14. The maximum absolute atomic E-state index is 12.3. The highest BCUT2D eigenvalue weighted by Crippen LogP contribution is 2.08. The number of hydrogen-bond acceptors (Lipinski definition) is 3. The van der Waals surface area contributed by atoms with E-state index in [4.69, 9.17) is 0 Å². The zero-order valence-electron chi connectivity index (χ0n) is 11.6. The molecule has 0 aromatic heterocycles. The van der Waals surface area contributed by atoms with Crippen LogP contribution < -0.4 is 10.0 Å². The predicted molar refractivity (Wildman–Crippen MR) is 74.7 cm³/mol. The summed E-state index contributed by atoms with van der Waals surface area (Å²) in [7, 11) is -3.32. The molecule has 0 amide bonds. The monoisotopic (exact) mass is 277 g/mol. The van der Waals surface area contributed by atoms with Crippen LogP contribution in [0.4, 0.5) is 0 Å². The average molecular weight is 277 g/mol. The smallest absolute Gasteiger partial charge is 0.279 e. The Morgan fingerprint density at radius 1 is 1.22 bits per heavy atom. The molecule has 5 nitrogen and oxygen atoms in total. The molecule has 1 unspecified atom stereocenters. The molecule has 1 rings (SSSR count). The summed E-state index contributed by atoms with van der Waals surface area (Å²) in [5.41, 5.74) is 0. The van der Waals surface area contributed by atoms with Crippen molar-refractivity contribution >= 4 is 10.2 Å². The van der Waals surface area contributed by atoms with Crippen LogP contribution in [0, 0.1) is 0 Å². The standard InChI is InChI=1S/C12H27N3O2S/c1-3-9-15(10-4-2)18(16,17)14-12-7-5-6-8-13-11-12/h12-14H,3-11H2,1-2H3. The molecule has 0 radical (unpaired) electrons. The molecular weight excluding hydrogens is 250 g/mol. The third-order valence-electron chi connectivity index (χ3n) is 3.15. The van der Waals surface area contributed by atoms with Crippen molar-refractivity contribution in [3.63, 3.8) is 0 Å². The van der Waals surface area contributed by atoms with Crippen molar-refractivity contribution in [2.75, 3.05) is 26.2 Å². The van der Waals surface area contributed by atoms with Crippen molar-refractivity contribution in [3.05, 3.63) is 0 Å². The summed E-state index contributed by atoms with van der Waals surface area (Å²) in [6.07, 6.45) is 4.85. The highest BCUT2D eigenvalue weighted by atomic mass is 32.2. The van der Waals surface area contributed by atoms with Gasteiger partial charge in [-0.3, -0.25) is 0 Å². The van der Waals surface area contributed by atoms with E-state index in [9.17, 15) is 8.42 Å². The van der Waals surface area contributed by atoms with Gasteiger partial charge in [-0.15, -0.1) is 0 Å². The van der Waals surface area contributed by atoms with Crippen molar-refractivity contribution in [1.82, 2.24) is 14.3 Å². The fourth-order valence-electron chi connectivity index (χ4n) is 2.26. The number of rotatable bonds is 7. The van der Waals surface area contributed by atoms with Gasteiger partial charge in [-0.1, -0.05) is 20.3 Å². The molecule has 0 aromatic carbocycles. The SMILES string of the molecule is CCCN(CCC)S(=O)(=O)NC1CCCCNC1. The molecule has 0 aliphatic carbocycles. The Bertz CT molecular complexity index is 305. The number of nitrogens with zero attached hydrogens (tertiary/aromatic N) is 1. The molecule has 1 saturated heterocycles. The minimum atomic E-state index is -3.32. The van der Waals surface area contributed by atoms with Crippen LogP contribution in [0.25, 0.3) is 0 Å². The molecule has 1 heterocycles. The summed E-state index contributed by atoms with van der Waals surface area (Å²) in [6, 6.07) is 0.0358. The van der Waals surface area contributed by atoms with Crippen LogP contribution in [0.1, 0.15) is 46.0 Å². The fourth-order valence-corrected chi connectivity index (χ4v) is 3.87. The van der Waals surface area contributed by atoms with E-state index in [1.807, 2.05) is 13.8 Å². The molecule has 0 saturated carbocycles. The van der Waals surface area contributed by atoms with Crippen LogP contribution in [0.2, 0.25) is 0 Å². The van der Waals surface area contributed by atoms with Gasteiger partial charge in [0.05, 0.1) is 0 Å². The van der Waals surface area contributed by atoms with E-state index >= 15 is 0 Å².